The molecule has 0 spiro atoms. The number of aromatic nitrogens is 2. The van der Waals surface area contributed by atoms with E-state index in [0.717, 1.165) is 0 Å². The Balaban J connectivity index is 2.99. The second-order valence-electron chi connectivity index (χ2n) is 2.38. The molecule has 0 saturated heterocycles. The fraction of sp³-hybridized carbons (Fsp3) is 0. The Kier molecular flexibility index (Phi) is 1.59. The number of halogens is 1. The molecule has 1 N–H and O–H groups in total. The molecule has 0 radical (unpaired) electrons. The molecule has 0 atom stereocenters. The maximum Gasteiger partial charge on any atom is 0.258 e. The van der Waals surface area contributed by atoms with Crippen molar-refractivity contribution >= 4 is 22.5 Å². The molecule has 2 aromatic heterocycles. The lowest BCUT2D eigenvalue weighted by molar-refractivity contribution is 1.26. The van der Waals surface area contributed by atoms with Crippen molar-refractivity contribution in [2.45, 2.75) is 0 Å². The lowest BCUT2D eigenvalue weighted by Crippen LogP contribution is -2.05. The molecule has 2 aromatic rings. The first-order valence-corrected chi connectivity index (χ1v) is 3.79. The minimum atomic E-state index is -0.203. The fourth-order valence-corrected chi connectivity index (χ4v) is 1.25. The third-order valence-corrected chi connectivity index (χ3v) is 1.78. The summed E-state index contributed by atoms with van der Waals surface area (Å²) in [5.41, 5.74) is 0.414. The van der Waals surface area contributed by atoms with Gasteiger partial charge in [-0.3, -0.25) is 9.78 Å². The van der Waals surface area contributed by atoms with Crippen molar-refractivity contribution in [3.05, 3.63) is 39.9 Å². The Morgan fingerprint density at radius 2 is 2.33 bits per heavy atom. The van der Waals surface area contributed by atoms with Gasteiger partial charge in [-0.1, -0.05) is 11.6 Å². The average molecular weight is 181 g/mol. The highest BCUT2D eigenvalue weighted by Crippen LogP contribution is 2.09. The van der Waals surface area contributed by atoms with Crippen LogP contribution in [0.4, 0.5) is 0 Å². The van der Waals surface area contributed by atoms with Crippen molar-refractivity contribution in [3.8, 4) is 0 Å². The van der Waals surface area contributed by atoms with Crippen LogP contribution < -0.4 is 5.56 Å². The van der Waals surface area contributed by atoms with E-state index in [-0.39, 0.29) is 5.56 Å². The van der Waals surface area contributed by atoms with E-state index in [1.54, 1.807) is 24.4 Å². The monoisotopic (exact) mass is 180 g/mol. The number of fused-ring (bicyclic) bond motifs is 1. The van der Waals surface area contributed by atoms with E-state index >= 15 is 0 Å². The second-order valence-corrected chi connectivity index (χ2v) is 2.79. The Bertz CT molecular complexity index is 478. The first kappa shape index (κ1) is 7.31. The fourth-order valence-electron chi connectivity index (χ4n) is 1.06. The molecule has 0 saturated carbocycles. The number of rotatable bonds is 0. The van der Waals surface area contributed by atoms with Crippen molar-refractivity contribution in [1.82, 2.24) is 9.97 Å². The largest absolute Gasteiger partial charge is 0.312 e. The van der Waals surface area contributed by atoms with Gasteiger partial charge in [0.2, 0.25) is 0 Å². The first-order valence-electron chi connectivity index (χ1n) is 3.41. The molecule has 2 heterocycles. The van der Waals surface area contributed by atoms with Gasteiger partial charge in [0.15, 0.2) is 0 Å². The summed E-state index contributed by atoms with van der Waals surface area (Å²) in [7, 11) is 0. The summed E-state index contributed by atoms with van der Waals surface area (Å²) >= 11 is 5.63. The van der Waals surface area contributed by atoms with Crippen molar-refractivity contribution in [2.24, 2.45) is 0 Å². The third kappa shape index (κ3) is 1.08. The van der Waals surface area contributed by atoms with Gasteiger partial charge in [0.1, 0.15) is 5.15 Å². The zero-order valence-electron chi connectivity index (χ0n) is 6.04. The molecule has 0 unspecified atom stereocenters. The van der Waals surface area contributed by atoms with E-state index in [2.05, 4.69) is 9.97 Å². The van der Waals surface area contributed by atoms with E-state index in [1.807, 2.05) is 0 Å². The Labute approximate surface area is 73.0 Å². The summed E-state index contributed by atoms with van der Waals surface area (Å²) in [5, 5.41) is 0.869. The van der Waals surface area contributed by atoms with Crippen LogP contribution in [0.3, 0.4) is 0 Å². The van der Waals surface area contributed by atoms with Crippen molar-refractivity contribution in [2.75, 3.05) is 0 Å². The number of aromatic amines is 1. The van der Waals surface area contributed by atoms with Gasteiger partial charge >= 0.3 is 0 Å². The number of nitrogens with one attached hydrogen (secondary N) is 1. The number of hydrogen-bond donors (Lipinski definition) is 1. The highest BCUT2D eigenvalue weighted by atomic mass is 35.5. The molecule has 0 aliphatic carbocycles. The van der Waals surface area contributed by atoms with E-state index in [0.29, 0.717) is 16.1 Å². The van der Waals surface area contributed by atoms with Gasteiger partial charge in [-0.15, -0.1) is 0 Å². The molecule has 0 bridgehead atoms. The Morgan fingerprint density at radius 3 is 3.17 bits per heavy atom. The van der Waals surface area contributed by atoms with Gasteiger partial charge in [0, 0.05) is 6.20 Å². The summed E-state index contributed by atoms with van der Waals surface area (Å²) in [5.74, 6) is 0. The van der Waals surface area contributed by atoms with Gasteiger partial charge in [-0.25, -0.2) is 0 Å². The minimum absolute atomic E-state index is 0.203. The summed E-state index contributed by atoms with van der Waals surface area (Å²) in [4.78, 5) is 17.7. The second kappa shape index (κ2) is 2.60. The SMILES string of the molecule is O=c1[nH]c(Cl)cc2ncccc12. The van der Waals surface area contributed by atoms with Crippen LogP contribution in [-0.2, 0) is 0 Å². The lowest BCUT2D eigenvalue weighted by atomic mass is 10.3. The molecule has 4 heteroatoms. The molecule has 12 heavy (non-hydrogen) atoms. The predicted octanol–water partition coefficient (Wildman–Crippen LogP) is 1.58. The molecular formula is C8H5ClN2O. The van der Waals surface area contributed by atoms with Crippen molar-refractivity contribution in [3.63, 3.8) is 0 Å². The maximum atomic E-state index is 11.2. The van der Waals surface area contributed by atoms with Crippen LogP contribution in [0.25, 0.3) is 10.9 Å². The summed E-state index contributed by atoms with van der Waals surface area (Å²) in [6.07, 6.45) is 1.62. The van der Waals surface area contributed by atoms with Crippen molar-refractivity contribution in [1.29, 1.82) is 0 Å². The summed E-state index contributed by atoms with van der Waals surface area (Å²) < 4.78 is 0. The van der Waals surface area contributed by atoms with E-state index in [4.69, 9.17) is 11.6 Å². The van der Waals surface area contributed by atoms with E-state index in [1.165, 1.54) is 0 Å². The quantitative estimate of drug-likeness (QED) is 0.626. The van der Waals surface area contributed by atoms with Crippen LogP contribution in [0, 0.1) is 0 Å². The van der Waals surface area contributed by atoms with Crippen LogP contribution in [0.5, 0.6) is 0 Å². The van der Waals surface area contributed by atoms with Crippen LogP contribution in [0.1, 0.15) is 0 Å². The summed E-state index contributed by atoms with van der Waals surface area (Å²) in [6, 6.07) is 5.04. The number of pyridine rings is 2. The van der Waals surface area contributed by atoms with Gasteiger partial charge in [-0.05, 0) is 18.2 Å². The highest BCUT2D eigenvalue weighted by molar-refractivity contribution is 6.29. The van der Waals surface area contributed by atoms with Crippen molar-refractivity contribution < 1.29 is 0 Å². The molecule has 0 aromatic carbocycles. The highest BCUT2D eigenvalue weighted by Gasteiger charge is 1.98. The zero-order valence-corrected chi connectivity index (χ0v) is 6.80. The van der Waals surface area contributed by atoms with Crippen LogP contribution in [0.15, 0.2) is 29.2 Å². The molecule has 3 nitrogen and oxygen atoms in total. The van der Waals surface area contributed by atoms with Crippen LogP contribution in [0.2, 0.25) is 5.15 Å². The van der Waals surface area contributed by atoms with E-state index < -0.39 is 0 Å². The molecule has 0 aliphatic rings. The third-order valence-electron chi connectivity index (χ3n) is 1.58. The zero-order chi connectivity index (χ0) is 8.55. The molecule has 60 valence electrons. The standard InChI is InChI=1S/C8H5ClN2O/c9-7-4-6-5(8(12)11-7)2-1-3-10-6/h1-4H,(H,11,12). The van der Waals surface area contributed by atoms with Gasteiger partial charge in [0.25, 0.3) is 5.56 Å². The van der Waals surface area contributed by atoms with Crippen LogP contribution >= 0.6 is 11.6 Å². The molecule has 0 amide bonds. The Morgan fingerprint density at radius 1 is 1.50 bits per heavy atom. The van der Waals surface area contributed by atoms with E-state index in [9.17, 15) is 4.79 Å². The number of nitrogens with zero attached hydrogens (tertiary/aromatic N) is 1. The van der Waals surface area contributed by atoms with Gasteiger partial charge < -0.3 is 4.98 Å². The smallest absolute Gasteiger partial charge is 0.258 e. The topological polar surface area (TPSA) is 45.8 Å². The summed E-state index contributed by atoms with van der Waals surface area (Å²) in [6.45, 7) is 0. The van der Waals surface area contributed by atoms with Gasteiger partial charge in [0.05, 0.1) is 10.9 Å². The number of H-pyrrole nitrogens is 1. The van der Waals surface area contributed by atoms with Crippen LogP contribution in [-0.4, -0.2) is 9.97 Å². The predicted molar refractivity (Wildman–Crippen MR) is 47.4 cm³/mol. The Hall–Kier alpha value is -1.35. The molecule has 2 rings (SSSR count). The molecular weight excluding hydrogens is 176 g/mol. The normalized spacial score (nSPS) is 10.4. The average Bonchev–Trinajstić information content (AvgIpc) is 2.04. The minimum Gasteiger partial charge on any atom is -0.312 e. The maximum absolute atomic E-state index is 11.2. The van der Waals surface area contributed by atoms with Gasteiger partial charge in [-0.2, -0.15) is 0 Å². The lowest BCUT2D eigenvalue weighted by Gasteiger charge is -1.94. The molecule has 0 fully saturated rings. The first-order chi connectivity index (χ1) is 5.77. The molecule has 0 aliphatic heterocycles. The number of hydrogen-bond acceptors (Lipinski definition) is 2.